The molecule has 0 radical (unpaired) electrons. The van der Waals surface area contributed by atoms with Gasteiger partial charge in [0.15, 0.2) is 17.0 Å². The van der Waals surface area contributed by atoms with Crippen molar-refractivity contribution in [2.24, 2.45) is 0 Å². The molecule has 8 heteroatoms. The second-order valence-electron chi connectivity index (χ2n) is 6.34. The molecule has 0 aliphatic rings. The van der Waals surface area contributed by atoms with E-state index in [9.17, 15) is 4.57 Å². The van der Waals surface area contributed by atoms with Crippen molar-refractivity contribution in [1.82, 2.24) is 19.5 Å². The minimum absolute atomic E-state index is 0.281. The summed E-state index contributed by atoms with van der Waals surface area (Å²) in [6.07, 6.45) is 4.30. The van der Waals surface area contributed by atoms with Gasteiger partial charge in [-0.15, -0.1) is 0 Å². The third-order valence-corrected chi connectivity index (χ3v) is 4.90. The van der Waals surface area contributed by atoms with Gasteiger partial charge in [-0.3, -0.25) is 0 Å². The van der Waals surface area contributed by atoms with Crippen molar-refractivity contribution in [3.63, 3.8) is 0 Å². The predicted molar refractivity (Wildman–Crippen MR) is 104 cm³/mol. The number of aromatic nitrogens is 4. The number of imidazole rings is 1. The largest absolute Gasteiger partial charge is 0.463 e. The number of benzene rings is 1. The van der Waals surface area contributed by atoms with E-state index in [1.165, 1.54) is 0 Å². The SMILES string of the molecule is CCCCOc1nc(N)c2ncn(Cc3cccc(C[PH](C)=O)c3)c2n1. The minimum atomic E-state index is -1.54. The van der Waals surface area contributed by atoms with Crippen molar-refractivity contribution < 1.29 is 9.30 Å². The predicted octanol–water partition coefficient (Wildman–Crippen LogP) is 3.33. The molecule has 1 aromatic carbocycles. The number of ether oxygens (including phenoxy) is 1. The van der Waals surface area contributed by atoms with Gasteiger partial charge in [0.1, 0.15) is 0 Å². The molecule has 0 bridgehead atoms. The van der Waals surface area contributed by atoms with Gasteiger partial charge in [0.05, 0.1) is 27.3 Å². The number of unbranched alkanes of at least 4 members (excludes halogenated alkanes) is 1. The molecule has 138 valence electrons. The first-order valence-corrected chi connectivity index (χ1v) is 10.9. The average molecular weight is 373 g/mol. The lowest BCUT2D eigenvalue weighted by Gasteiger charge is -2.08. The third kappa shape index (κ3) is 4.41. The fourth-order valence-electron chi connectivity index (χ4n) is 2.76. The summed E-state index contributed by atoms with van der Waals surface area (Å²) in [7, 11) is -1.54. The summed E-state index contributed by atoms with van der Waals surface area (Å²) in [5.41, 5.74) is 9.40. The number of nitrogens with two attached hydrogens (primary N) is 1. The summed E-state index contributed by atoms with van der Waals surface area (Å²) in [5, 5.41) is 0. The third-order valence-electron chi connectivity index (χ3n) is 4.00. The average Bonchev–Trinajstić information content (AvgIpc) is 2.98. The molecule has 3 aromatic rings. The van der Waals surface area contributed by atoms with Crippen LogP contribution in [0.5, 0.6) is 6.01 Å². The van der Waals surface area contributed by atoms with Crippen molar-refractivity contribution in [1.29, 1.82) is 0 Å². The van der Waals surface area contributed by atoms with Crippen LogP contribution in [0.2, 0.25) is 0 Å². The second kappa shape index (κ2) is 8.32. The molecular formula is C18H24N5O2P. The highest BCUT2D eigenvalue weighted by Crippen LogP contribution is 2.24. The standard InChI is InChI=1S/C18H24N5O2P/c1-3-4-8-25-18-21-16(19)15-17(22-18)23(12-20-15)10-13-6-5-7-14(9-13)11-26(2)24/h5-7,9,12,26H,3-4,8,10-11H2,1-2H3,(H2,19,21,22). The molecule has 0 saturated heterocycles. The molecule has 0 aliphatic heterocycles. The Morgan fingerprint density at radius 3 is 2.85 bits per heavy atom. The van der Waals surface area contributed by atoms with E-state index >= 15 is 0 Å². The van der Waals surface area contributed by atoms with E-state index in [0.717, 1.165) is 24.0 Å². The van der Waals surface area contributed by atoms with Crippen molar-refractivity contribution in [2.45, 2.75) is 32.5 Å². The Morgan fingerprint density at radius 1 is 1.27 bits per heavy atom. The van der Waals surface area contributed by atoms with Crippen LogP contribution in [0, 0.1) is 0 Å². The smallest absolute Gasteiger partial charge is 0.320 e. The topological polar surface area (TPSA) is 95.9 Å². The van der Waals surface area contributed by atoms with Crippen LogP contribution < -0.4 is 10.5 Å². The number of nitrogens with zero attached hydrogens (tertiary/aromatic N) is 4. The molecule has 0 amide bonds. The zero-order valence-electron chi connectivity index (χ0n) is 15.1. The van der Waals surface area contributed by atoms with Crippen LogP contribution in [0.15, 0.2) is 30.6 Å². The molecule has 26 heavy (non-hydrogen) atoms. The lowest BCUT2D eigenvalue weighted by molar-refractivity contribution is 0.286. The maximum Gasteiger partial charge on any atom is 0.320 e. The molecular weight excluding hydrogens is 349 g/mol. The van der Waals surface area contributed by atoms with Crippen LogP contribution in [-0.4, -0.2) is 32.8 Å². The fourth-order valence-corrected chi connectivity index (χ4v) is 3.55. The first-order chi connectivity index (χ1) is 12.6. The number of anilines is 1. The Bertz CT molecular complexity index is 925. The lowest BCUT2D eigenvalue weighted by Crippen LogP contribution is -2.06. The molecule has 0 spiro atoms. The van der Waals surface area contributed by atoms with Crippen LogP contribution >= 0.6 is 7.80 Å². The van der Waals surface area contributed by atoms with Crippen molar-refractivity contribution >= 4 is 24.8 Å². The molecule has 7 nitrogen and oxygen atoms in total. The molecule has 3 rings (SSSR count). The van der Waals surface area contributed by atoms with Gasteiger partial charge in [-0.2, -0.15) is 9.97 Å². The Balaban J connectivity index is 1.87. The Kier molecular flexibility index (Phi) is 5.89. The van der Waals surface area contributed by atoms with Gasteiger partial charge < -0.3 is 19.6 Å². The van der Waals surface area contributed by atoms with E-state index in [1.54, 1.807) is 13.0 Å². The first-order valence-electron chi connectivity index (χ1n) is 8.75. The summed E-state index contributed by atoms with van der Waals surface area (Å²) in [6.45, 7) is 5.04. The van der Waals surface area contributed by atoms with Crippen LogP contribution in [-0.2, 0) is 17.3 Å². The lowest BCUT2D eigenvalue weighted by atomic mass is 10.1. The Hall–Kier alpha value is -2.40. The fraction of sp³-hybridized carbons (Fsp3) is 0.389. The Morgan fingerprint density at radius 2 is 2.08 bits per heavy atom. The summed E-state index contributed by atoms with van der Waals surface area (Å²) in [6, 6.07) is 8.37. The molecule has 2 N–H and O–H groups in total. The number of nitrogen functional groups attached to an aromatic ring is 1. The zero-order valence-corrected chi connectivity index (χ0v) is 16.1. The molecule has 1 unspecified atom stereocenters. The number of hydrogen-bond donors (Lipinski definition) is 1. The number of hydrogen-bond acceptors (Lipinski definition) is 6. The van der Waals surface area contributed by atoms with Gasteiger partial charge in [-0.1, -0.05) is 37.6 Å². The minimum Gasteiger partial charge on any atom is -0.463 e. The summed E-state index contributed by atoms with van der Waals surface area (Å²) < 4.78 is 19.0. The van der Waals surface area contributed by atoms with Gasteiger partial charge in [-0.25, -0.2) is 4.98 Å². The van der Waals surface area contributed by atoms with Crippen LogP contribution in [0.3, 0.4) is 0 Å². The molecule has 2 aromatic heterocycles. The monoisotopic (exact) mass is 373 g/mol. The van der Waals surface area contributed by atoms with E-state index in [2.05, 4.69) is 27.9 Å². The van der Waals surface area contributed by atoms with Crippen LogP contribution in [0.4, 0.5) is 5.82 Å². The summed E-state index contributed by atoms with van der Waals surface area (Å²) >= 11 is 0. The van der Waals surface area contributed by atoms with Crippen molar-refractivity contribution in [2.75, 3.05) is 19.0 Å². The van der Waals surface area contributed by atoms with Gasteiger partial charge in [0, 0.05) is 6.16 Å². The van der Waals surface area contributed by atoms with E-state index < -0.39 is 7.80 Å². The molecule has 0 fully saturated rings. The number of fused-ring (bicyclic) bond motifs is 1. The van der Waals surface area contributed by atoms with Gasteiger partial charge in [0.25, 0.3) is 0 Å². The quantitative estimate of drug-likeness (QED) is 0.481. The van der Waals surface area contributed by atoms with Gasteiger partial charge in [0.2, 0.25) is 0 Å². The van der Waals surface area contributed by atoms with E-state index in [0.29, 0.717) is 36.3 Å². The summed E-state index contributed by atoms with van der Waals surface area (Å²) in [5.74, 6) is 0.318. The normalized spacial score (nSPS) is 12.4. The van der Waals surface area contributed by atoms with Gasteiger partial charge in [-0.05, 0) is 24.2 Å². The van der Waals surface area contributed by atoms with Crippen molar-refractivity contribution in [3.8, 4) is 6.01 Å². The molecule has 2 heterocycles. The summed E-state index contributed by atoms with van der Waals surface area (Å²) in [4.78, 5) is 13.0. The highest BCUT2D eigenvalue weighted by molar-refractivity contribution is 7.42. The van der Waals surface area contributed by atoms with Crippen molar-refractivity contribution in [3.05, 3.63) is 41.7 Å². The maximum absolute atomic E-state index is 11.5. The van der Waals surface area contributed by atoms with E-state index in [4.69, 9.17) is 10.5 Å². The first kappa shape index (κ1) is 18.4. The molecule has 0 saturated carbocycles. The van der Waals surface area contributed by atoms with E-state index in [-0.39, 0.29) is 6.01 Å². The molecule has 1 atom stereocenters. The number of rotatable bonds is 8. The highest BCUT2D eigenvalue weighted by Gasteiger charge is 2.12. The van der Waals surface area contributed by atoms with Crippen LogP contribution in [0.25, 0.3) is 11.2 Å². The zero-order chi connectivity index (χ0) is 18.5. The molecule has 0 aliphatic carbocycles. The Labute approximate surface area is 153 Å². The van der Waals surface area contributed by atoms with E-state index in [1.807, 2.05) is 22.8 Å². The maximum atomic E-state index is 11.5. The van der Waals surface area contributed by atoms with Gasteiger partial charge >= 0.3 is 6.01 Å². The van der Waals surface area contributed by atoms with Crippen LogP contribution in [0.1, 0.15) is 30.9 Å². The second-order valence-corrected chi connectivity index (χ2v) is 8.09. The highest BCUT2D eigenvalue weighted by atomic mass is 31.1.